The molecule has 0 radical (unpaired) electrons. The van der Waals surface area contributed by atoms with Crippen LogP contribution in [0.15, 0.2) is 42.7 Å². The lowest BCUT2D eigenvalue weighted by Gasteiger charge is -2.36. The fourth-order valence-corrected chi connectivity index (χ4v) is 5.33. The van der Waals surface area contributed by atoms with E-state index in [4.69, 9.17) is 37.4 Å². The first kappa shape index (κ1) is 26.9. The summed E-state index contributed by atoms with van der Waals surface area (Å²) in [4.78, 5) is 35.9. The van der Waals surface area contributed by atoms with Crippen molar-refractivity contribution in [2.24, 2.45) is 0 Å². The summed E-state index contributed by atoms with van der Waals surface area (Å²) in [5, 5.41) is 3.14. The predicted molar refractivity (Wildman–Crippen MR) is 144 cm³/mol. The lowest BCUT2D eigenvalue weighted by atomic mass is 10.0. The minimum absolute atomic E-state index is 0.00671. The van der Waals surface area contributed by atoms with Crippen LogP contribution < -0.4 is 14.8 Å². The van der Waals surface area contributed by atoms with Crippen molar-refractivity contribution in [3.63, 3.8) is 0 Å². The summed E-state index contributed by atoms with van der Waals surface area (Å²) < 4.78 is 31.3. The zero-order chi connectivity index (χ0) is 27.7. The minimum atomic E-state index is -0.738. The summed E-state index contributed by atoms with van der Waals surface area (Å²) in [5.74, 6) is -0.777. The number of rotatable bonds is 7. The number of aromatic nitrogens is 2. The Kier molecular flexibility index (Phi) is 7.69. The molecule has 0 aliphatic carbocycles. The third kappa shape index (κ3) is 5.03. The Morgan fingerprint density at radius 3 is 2.23 bits per heavy atom. The molecule has 9 nitrogen and oxygen atoms in total. The molecular weight excluding hydrogens is 550 g/mol. The molecule has 1 N–H and O–H groups in total. The predicted octanol–water partition coefficient (Wildman–Crippen LogP) is 5.13. The Labute approximate surface area is 233 Å². The van der Waals surface area contributed by atoms with Crippen LogP contribution in [0.25, 0.3) is 11.9 Å². The van der Waals surface area contributed by atoms with E-state index < -0.39 is 17.9 Å². The monoisotopic (exact) mass is 572 g/mol. The van der Waals surface area contributed by atoms with Crippen molar-refractivity contribution in [1.82, 2.24) is 14.9 Å². The highest BCUT2D eigenvalue weighted by atomic mass is 35.5. The third-order valence-electron chi connectivity index (χ3n) is 6.57. The van der Waals surface area contributed by atoms with Crippen molar-refractivity contribution in [3.8, 4) is 11.5 Å². The molecule has 0 spiro atoms. The van der Waals surface area contributed by atoms with Gasteiger partial charge in [-0.2, -0.15) is 0 Å². The number of methoxy groups -OCH3 is 2. The second-order valence-corrected chi connectivity index (χ2v) is 9.58. The maximum atomic E-state index is 15.3. The number of nitrogens with one attached hydrogen (secondary N) is 1. The smallest absolute Gasteiger partial charge is 0.261 e. The van der Waals surface area contributed by atoms with Crippen molar-refractivity contribution in [3.05, 3.63) is 75.0 Å². The highest BCUT2D eigenvalue weighted by Gasteiger charge is 2.43. The Balaban J connectivity index is 1.35. The molecule has 0 bridgehead atoms. The van der Waals surface area contributed by atoms with Gasteiger partial charge in [-0.1, -0.05) is 35.3 Å². The molecule has 2 atom stereocenters. The van der Waals surface area contributed by atoms with Gasteiger partial charge in [0.15, 0.2) is 0 Å². The Hall–Kier alpha value is -3.73. The van der Waals surface area contributed by atoms with Crippen LogP contribution in [0.5, 0.6) is 11.5 Å². The molecule has 2 amide bonds. The van der Waals surface area contributed by atoms with Crippen LogP contribution in [0.2, 0.25) is 10.0 Å². The number of amides is 2. The number of carbonyl (C=O) groups excluding carboxylic acids is 2. The van der Waals surface area contributed by atoms with Crippen LogP contribution in [0.3, 0.4) is 0 Å². The van der Waals surface area contributed by atoms with Gasteiger partial charge in [-0.15, -0.1) is 0 Å². The summed E-state index contributed by atoms with van der Waals surface area (Å²) in [6.07, 6.45) is 4.46. The van der Waals surface area contributed by atoms with Crippen molar-refractivity contribution < 1.29 is 28.2 Å². The van der Waals surface area contributed by atoms with E-state index in [1.54, 1.807) is 24.3 Å². The van der Waals surface area contributed by atoms with Crippen LogP contribution in [0, 0.1) is 0 Å². The average Bonchev–Trinajstić information content (AvgIpc) is 3.20. The summed E-state index contributed by atoms with van der Waals surface area (Å²) in [5.41, 5.74) is 1.02. The molecule has 1 unspecified atom stereocenters. The van der Waals surface area contributed by atoms with E-state index in [2.05, 4.69) is 15.3 Å². The molecule has 0 saturated carbocycles. The first-order valence-corrected chi connectivity index (χ1v) is 12.7. The number of ether oxygens (including phenoxy) is 3. The lowest BCUT2D eigenvalue weighted by molar-refractivity contribution is 0.0233. The van der Waals surface area contributed by atoms with E-state index >= 15 is 4.39 Å². The number of nitrogens with zero attached hydrogens (tertiary/aromatic N) is 3. The minimum Gasteiger partial charge on any atom is -0.495 e. The molecule has 1 aromatic heterocycles. The summed E-state index contributed by atoms with van der Waals surface area (Å²) in [7, 11) is 2.80. The molecule has 39 heavy (non-hydrogen) atoms. The Morgan fingerprint density at radius 2 is 1.67 bits per heavy atom. The first-order chi connectivity index (χ1) is 18.8. The van der Waals surface area contributed by atoms with Gasteiger partial charge in [-0.05, 0) is 24.6 Å². The standard InChI is InChI=1S/C27H23Cl2FN4O5/c1-37-20-10-21(38-2)24(29)22(23(20)28)17(30)9-14-11-31-27(32-12-14)33-18-13-39-8-7-19(18)34-25(35)15-5-3-4-6-16(15)26(34)36/h3-6,9-12,18-19H,7-8,13H2,1-2H3,(H,31,32,33)/b17-9-/t18?,19-/m1/s1. The number of hydrogen-bond acceptors (Lipinski definition) is 8. The number of benzene rings is 2. The maximum Gasteiger partial charge on any atom is 0.261 e. The van der Waals surface area contributed by atoms with E-state index in [-0.39, 0.29) is 51.5 Å². The molecule has 1 saturated heterocycles. The molecule has 3 heterocycles. The van der Waals surface area contributed by atoms with Gasteiger partial charge < -0.3 is 19.5 Å². The molecule has 2 aromatic carbocycles. The lowest BCUT2D eigenvalue weighted by Crippen LogP contribution is -2.54. The van der Waals surface area contributed by atoms with E-state index in [1.165, 1.54) is 43.7 Å². The SMILES string of the molecule is COc1cc(OC)c(Cl)c(/C(F)=C/c2cnc(NC3COCC[C@H]3N3C(=O)c4ccccc4C3=O)nc2)c1Cl. The van der Waals surface area contributed by atoms with Gasteiger partial charge in [0.2, 0.25) is 5.95 Å². The number of imide groups is 1. The second-order valence-electron chi connectivity index (χ2n) is 8.82. The number of fused-ring (bicyclic) bond motifs is 1. The Bertz CT molecular complexity index is 1400. The van der Waals surface area contributed by atoms with Crippen LogP contribution >= 0.6 is 23.2 Å². The van der Waals surface area contributed by atoms with Crippen LogP contribution in [0.4, 0.5) is 10.3 Å². The molecule has 2 aliphatic rings. The maximum absolute atomic E-state index is 15.3. The fraction of sp³-hybridized carbons (Fsp3) is 0.259. The quantitative estimate of drug-likeness (QED) is 0.388. The summed E-state index contributed by atoms with van der Waals surface area (Å²) in [6.45, 7) is 0.646. The Morgan fingerprint density at radius 1 is 1.08 bits per heavy atom. The zero-order valence-corrected chi connectivity index (χ0v) is 22.4. The van der Waals surface area contributed by atoms with Gasteiger partial charge in [0, 0.05) is 30.6 Å². The molecule has 5 rings (SSSR count). The molecule has 12 heteroatoms. The molecule has 202 valence electrons. The highest BCUT2D eigenvalue weighted by molar-refractivity contribution is 6.39. The van der Waals surface area contributed by atoms with E-state index in [1.807, 2.05) is 0 Å². The van der Waals surface area contributed by atoms with Crippen molar-refractivity contribution in [1.29, 1.82) is 0 Å². The molecular formula is C27H23Cl2FN4O5. The van der Waals surface area contributed by atoms with Crippen molar-refractivity contribution >= 4 is 52.9 Å². The summed E-state index contributed by atoms with van der Waals surface area (Å²) in [6, 6.07) is 7.32. The van der Waals surface area contributed by atoms with Gasteiger partial charge >= 0.3 is 0 Å². The zero-order valence-electron chi connectivity index (χ0n) is 20.9. The topological polar surface area (TPSA) is 103 Å². The van der Waals surface area contributed by atoms with Crippen LogP contribution in [-0.4, -0.2) is 66.2 Å². The molecule has 1 fully saturated rings. The van der Waals surface area contributed by atoms with Gasteiger partial charge in [0.05, 0.1) is 59.6 Å². The van der Waals surface area contributed by atoms with Gasteiger partial charge in [-0.3, -0.25) is 14.5 Å². The van der Waals surface area contributed by atoms with E-state index in [0.717, 1.165) is 0 Å². The fourth-order valence-electron chi connectivity index (χ4n) is 4.65. The van der Waals surface area contributed by atoms with Crippen molar-refractivity contribution in [2.75, 3.05) is 32.8 Å². The average molecular weight is 573 g/mol. The molecule has 2 aliphatic heterocycles. The van der Waals surface area contributed by atoms with E-state index in [0.29, 0.717) is 29.7 Å². The number of hydrogen-bond donors (Lipinski definition) is 1. The van der Waals surface area contributed by atoms with E-state index in [9.17, 15) is 9.59 Å². The van der Waals surface area contributed by atoms with Crippen LogP contribution in [-0.2, 0) is 4.74 Å². The third-order valence-corrected chi connectivity index (χ3v) is 7.32. The van der Waals surface area contributed by atoms with Gasteiger partial charge in [0.1, 0.15) is 17.3 Å². The number of carbonyl (C=O) groups is 2. The van der Waals surface area contributed by atoms with Crippen LogP contribution in [0.1, 0.15) is 38.3 Å². The van der Waals surface area contributed by atoms with Gasteiger partial charge in [-0.25, -0.2) is 14.4 Å². The highest BCUT2D eigenvalue weighted by Crippen LogP contribution is 2.44. The largest absolute Gasteiger partial charge is 0.495 e. The first-order valence-electron chi connectivity index (χ1n) is 11.9. The van der Waals surface area contributed by atoms with Crippen molar-refractivity contribution in [2.45, 2.75) is 18.5 Å². The molecule has 3 aromatic rings. The van der Waals surface area contributed by atoms with Gasteiger partial charge in [0.25, 0.3) is 11.8 Å². The normalized spacial score (nSPS) is 19.2. The second kappa shape index (κ2) is 11.2. The number of anilines is 1. The summed E-state index contributed by atoms with van der Waals surface area (Å²) >= 11 is 12.6. The number of halogens is 3.